The van der Waals surface area contributed by atoms with Crippen molar-refractivity contribution < 1.29 is 0 Å². The number of fused-ring (bicyclic) bond motifs is 10. The minimum Gasteiger partial charge on any atom is -0.295 e. The summed E-state index contributed by atoms with van der Waals surface area (Å²) < 4.78 is 9.13. The Balaban J connectivity index is 1.27. The predicted molar refractivity (Wildman–Crippen MR) is 228 cm³/mol. The van der Waals surface area contributed by atoms with Gasteiger partial charge < -0.3 is 0 Å². The quantitative estimate of drug-likeness (QED) is 0.178. The Bertz CT molecular complexity index is 3250. The highest BCUT2D eigenvalue weighted by molar-refractivity contribution is 6.23. The Morgan fingerprint density at radius 3 is 1.00 bits per heavy atom. The third kappa shape index (κ3) is 4.30. The van der Waals surface area contributed by atoms with E-state index in [9.17, 15) is 0 Å². The van der Waals surface area contributed by atoms with Gasteiger partial charge in [0.05, 0.1) is 22.1 Å². The molecule has 7 heteroatoms. The molecule has 12 rings (SSSR count). The van der Waals surface area contributed by atoms with E-state index in [1.54, 1.807) is 0 Å². The number of rotatable bonds is 5. The van der Waals surface area contributed by atoms with Crippen LogP contribution >= 0.6 is 0 Å². The number of hydrogen-bond acceptors (Lipinski definition) is 3. The van der Waals surface area contributed by atoms with Gasteiger partial charge in [0.2, 0.25) is 11.9 Å². The molecule has 0 bridgehead atoms. The van der Waals surface area contributed by atoms with Crippen molar-refractivity contribution in [2.24, 2.45) is 0 Å². The van der Waals surface area contributed by atoms with E-state index in [0.717, 1.165) is 71.8 Å². The van der Waals surface area contributed by atoms with Crippen molar-refractivity contribution in [2.45, 2.75) is 0 Å². The lowest BCUT2D eigenvalue weighted by molar-refractivity contribution is 0.875. The number of nitrogens with zero attached hydrogens (tertiary/aromatic N) is 7. The second-order valence-corrected chi connectivity index (χ2v) is 14.1. The standard InChI is InChI=1S/C49H31N7/c1-4-18-32(19-5-1)45-50-48(55-41-30-16-12-26-37(41)43-35-24-10-14-28-39(35)53(46(43)55)33-20-6-2-7-21-33)52-49(51-45)56-42-31-17-13-27-38(42)44-36-25-11-15-29-40(36)54(47(44)56)34-22-8-3-9-23-34/h1-31H. The highest BCUT2D eigenvalue weighted by Gasteiger charge is 2.27. The lowest BCUT2D eigenvalue weighted by Crippen LogP contribution is -2.12. The van der Waals surface area contributed by atoms with E-state index in [2.05, 4.69) is 188 Å². The summed E-state index contributed by atoms with van der Waals surface area (Å²) in [5.74, 6) is 1.66. The first-order valence-electron chi connectivity index (χ1n) is 18.8. The maximum absolute atomic E-state index is 5.53. The largest absolute Gasteiger partial charge is 0.295 e. The number of hydrogen-bond donors (Lipinski definition) is 0. The van der Waals surface area contributed by atoms with E-state index < -0.39 is 0 Å². The Kier molecular flexibility index (Phi) is 6.50. The van der Waals surface area contributed by atoms with Crippen LogP contribution in [0, 0.1) is 0 Å². The van der Waals surface area contributed by atoms with Gasteiger partial charge in [-0.25, -0.2) is 0 Å². The molecule has 0 aliphatic rings. The maximum atomic E-state index is 5.53. The molecule has 0 atom stereocenters. The molecule has 0 amide bonds. The van der Waals surface area contributed by atoms with Crippen LogP contribution in [-0.2, 0) is 0 Å². The van der Waals surface area contributed by atoms with Gasteiger partial charge in [0, 0.05) is 49.3 Å². The highest BCUT2D eigenvalue weighted by Crippen LogP contribution is 2.42. The summed E-state index contributed by atoms with van der Waals surface area (Å²) in [5, 5.41) is 6.92. The Morgan fingerprint density at radius 1 is 0.286 bits per heavy atom. The molecule has 0 N–H and O–H groups in total. The molecular formula is C49H31N7. The predicted octanol–water partition coefficient (Wildman–Crippen LogP) is 11.6. The van der Waals surface area contributed by atoms with Gasteiger partial charge in [-0.2, -0.15) is 15.0 Å². The summed E-state index contributed by atoms with van der Waals surface area (Å²) in [7, 11) is 0. The van der Waals surface area contributed by atoms with Gasteiger partial charge in [-0.05, 0) is 48.5 Å². The van der Waals surface area contributed by atoms with E-state index in [4.69, 9.17) is 15.0 Å². The van der Waals surface area contributed by atoms with E-state index in [1.165, 1.54) is 10.8 Å². The van der Waals surface area contributed by atoms with Crippen LogP contribution in [0.25, 0.3) is 100 Å². The molecule has 0 saturated heterocycles. The summed E-state index contributed by atoms with van der Waals surface area (Å²) in [6.45, 7) is 0. The molecule has 0 aliphatic heterocycles. The molecular weight excluding hydrogens is 687 g/mol. The maximum Gasteiger partial charge on any atom is 0.241 e. The fourth-order valence-corrected chi connectivity index (χ4v) is 8.75. The second-order valence-electron chi connectivity index (χ2n) is 14.1. The number of para-hydroxylation sites is 6. The zero-order valence-corrected chi connectivity index (χ0v) is 30.0. The summed E-state index contributed by atoms with van der Waals surface area (Å²) in [4.78, 5) is 16.2. The van der Waals surface area contributed by atoms with Crippen LogP contribution in [-0.4, -0.2) is 33.2 Å². The smallest absolute Gasteiger partial charge is 0.241 e. The molecule has 56 heavy (non-hydrogen) atoms. The lowest BCUT2D eigenvalue weighted by atomic mass is 10.1. The molecule has 0 unspecified atom stereocenters. The minimum atomic E-state index is 0.536. The van der Waals surface area contributed by atoms with Crippen LogP contribution in [0.4, 0.5) is 0 Å². The minimum absolute atomic E-state index is 0.536. The van der Waals surface area contributed by atoms with E-state index in [1.807, 2.05) is 18.2 Å². The van der Waals surface area contributed by atoms with Gasteiger partial charge in [0.15, 0.2) is 5.82 Å². The van der Waals surface area contributed by atoms with E-state index in [-0.39, 0.29) is 0 Å². The van der Waals surface area contributed by atoms with Crippen LogP contribution in [0.2, 0.25) is 0 Å². The normalized spacial score (nSPS) is 11.9. The van der Waals surface area contributed by atoms with Crippen LogP contribution in [0.15, 0.2) is 188 Å². The Labute approximate surface area is 320 Å². The van der Waals surface area contributed by atoms with Crippen LogP contribution in [0.1, 0.15) is 0 Å². The average Bonchev–Trinajstić information content (AvgIpc) is 3.99. The Hall–Kier alpha value is -7.77. The monoisotopic (exact) mass is 717 g/mol. The molecule has 12 aromatic rings. The molecule has 0 aliphatic carbocycles. The second kappa shape index (κ2) is 11.9. The lowest BCUT2D eigenvalue weighted by Gasteiger charge is -2.15. The van der Waals surface area contributed by atoms with E-state index >= 15 is 0 Å². The van der Waals surface area contributed by atoms with Crippen molar-refractivity contribution in [2.75, 3.05) is 0 Å². The first kappa shape index (κ1) is 30.7. The van der Waals surface area contributed by atoms with Gasteiger partial charge in [-0.3, -0.25) is 18.3 Å². The van der Waals surface area contributed by atoms with Crippen molar-refractivity contribution in [3.05, 3.63) is 188 Å². The van der Waals surface area contributed by atoms with E-state index in [0.29, 0.717) is 17.7 Å². The third-order valence-electron chi connectivity index (χ3n) is 11.0. The van der Waals surface area contributed by atoms with Gasteiger partial charge in [-0.1, -0.05) is 140 Å². The molecule has 0 spiro atoms. The van der Waals surface area contributed by atoms with Crippen molar-refractivity contribution in [3.63, 3.8) is 0 Å². The molecule has 0 saturated carbocycles. The fourth-order valence-electron chi connectivity index (χ4n) is 8.75. The SMILES string of the molecule is c1ccc(-c2nc(-n3c4ccccc4c4c5ccccc5n(-c5ccccc5)c43)nc(-n3c4ccccc4c4c5ccccc5n(-c5ccccc5)c43)n2)cc1. The summed E-state index contributed by atoms with van der Waals surface area (Å²) in [6, 6.07) is 65.8. The third-order valence-corrected chi connectivity index (χ3v) is 11.0. The molecule has 7 nitrogen and oxygen atoms in total. The summed E-state index contributed by atoms with van der Waals surface area (Å²) >= 11 is 0. The molecule has 5 heterocycles. The first-order chi connectivity index (χ1) is 27.8. The topological polar surface area (TPSA) is 58.4 Å². The average molecular weight is 718 g/mol. The van der Waals surface area contributed by atoms with Crippen LogP contribution in [0.3, 0.4) is 0 Å². The van der Waals surface area contributed by atoms with Crippen LogP contribution < -0.4 is 0 Å². The Morgan fingerprint density at radius 2 is 0.607 bits per heavy atom. The molecule has 0 fully saturated rings. The fraction of sp³-hybridized carbons (Fsp3) is 0. The summed E-state index contributed by atoms with van der Waals surface area (Å²) in [5.41, 5.74) is 9.29. The number of benzene rings is 7. The summed E-state index contributed by atoms with van der Waals surface area (Å²) in [6.07, 6.45) is 0. The van der Waals surface area contributed by atoms with Gasteiger partial charge in [0.25, 0.3) is 0 Å². The van der Waals surface area contributed by atoms with Gasteiger partial charge in [-0.15, -0.1) is 0 Å². The van der Waals surface area contributed by atoms with Gasteiger partial charge >= 0.3 is 0 Å². The van der Waals surface area contributed by atoms with Crippen molar-refractivity contribution in [1.82, 2.24) is 33.2 Å². The zero-order chi connectivity index (χ0) is 36.7. The van der Waals surface area contributed by atoms with Crippen molar-refractivity contribution in [3.8, 4) is 34.7 Å². The molecule has 5 aromatic heterocycles. The van der Waals surface area contributed by atoms with Gasteiger partial charge in [0.1, 0.15) is 11.3 Å². The van der Waals surface area contributed by atoms with Crippen molar-refractivity contribution in [1.29, 1.82) is 0 Å². The first-order valence-corrected chi connectivity index (χ1v) is 18.8. The zero-order valence-electron chi connectivity index (χ0n) is 30.0. The highest BCUT2D eigenvalue weighted by atomic mass is 15.3. The molecule has 262 valence electrons. The molecule has 7 aromatic carbocycles. The number of aromatic nitrogens is 7. The van der Waals surface area contributed by atoms with Crippen molar-refractivity contribution >= 4 is 65.7 Å². The van der Waals surface area contributed by atoms with Crippen LogP contribution in [0.5, 0.6) is 0 Å². The molecule has 0 radical (unpaired) electrons.